The Morgan fingerprint density at radius 2 is 1.13 bits per heavy atom. The lowest BCUT2D eigenvalue weighted by Crippen LogP contribution is -2.27. The van der Waals surface area contributed by atoms with Gasteiger partial charge in [-0.3, -0.25) is 0 Å². The molecule has 0 radical (unpaired) electrons. The third-order valence-electron chi connectivity index (χ3n) is 6.17. The zero-order valence-electron chi connectivity index (χ0n) is 17.2. The van der Waals surface area contributed by atoms with Gasteiger partial charge in [0.05, 0.1) is 0 Å². The van der Waals surface area contributed by atoms with E-state index in [1.54, 1.807) is 0 Å². The molecule has 0 unspecified atom stereocenters. The molecule has 4 aromatic rings. The van der Waals surface area contributed by atoms with Crippen molar-refractivity contribution in [3.8, 4) is 0 Å². The van der Waals surface area contributed by atoms with Crippen LogP contribution < -0.4 is 0 Å². The highest BCUT2D eigenvalue weighted by molar-refractivity contribution is 9.10. The second-order valence-electron chi connectivity index (χ2n) is 8.34. The second kappa shape index (κ2) is 7.41. The molecule has 0 atom stereocenters. The average Bonchev–Trinajstić information content (AvgIpc) is 2.78. The van der Waals surface area contributed by atoms with Gasteiger partial charge >= 0.3 is 0 Å². The Bertz CT molecular complexity index is 1210. The zero-order chi connectivity index (χ0) is 20.7. The van der Waals surface area contributed by atoms with Gasteiger partial charge in [0.1, 0.15) is 0 Å². The fourth-order valence-corrected chi connectivity index (χ4v) is 5.08. The van der Waals surface area contributed by atoms with Gasteiger partial charge in [0, 0.05) is 9.89 Å². The molecule has 0 amide bonds. The maximum atomic E-state index is 3.71. The largest absolute Gasteiger partial charge is 0.0622 e. The van der Waals surface area contributed by atoms with E-state index in [1.807, 2.05) is 0 Å². The van der Waals surface area contributed by atoms with Crippen LogP contribution in [-0.4, -0.2) is 0 Å². The smallest absolute Gasteiger partial charge is 0.0178 e. The first-order valence-corrected chi connectivity index (χ1v) is 11.1. The molecule has 0 fully saturated rings. The van der Waals surface area contributed by atoms with Gasteiger partial charge in [-0.15, -0.1) is 0 Å². The minimum absolute atomic E-state index is 0.0717. The van der Waals surface area contributed by atoms with E-state index in [2.05, 4.69) is 133 Å². The normalized spacial score (nSPS) is 14.0. The van der Waals surface area contributed by atoms with E-state index < -0.39 is 0 Å². The molecule has 0 saturated carbocycles. The van der Waals surface area contributed by atoms with E-state index in [0.717, 1.165) is 4.47 Å². The summed E-state index contributed by atoms with van der Waals surface area (Å²) in [5, 5.41) is 0. The molecule has 1 aliphatic carbocycles. The van der Waals surface area contributed by atoms with Gasteiger partial charge in [-0.05, 0) is 56.7 Å². The van der Waals surface area contributed by atoms with Gasteiger partial charge in [-0.1, -0.05) is 121 Å². The Hall–Kier alpha value is -2.90. The Morgan fingerprint density at radius 1 is 0.600 bits per heavy atom. The SMILES string of the molecule is CC1(C)c2ccccc2C(=C(c2ccccc2)c2ccccc2)c2ccc(Br)cc21. The van der Waals surface area contributed by atoms with Crippen LogP contribution in [0.5, 0.6) is 0 Å². The summed E-state index contributed by atoms with van der Waals surface area (Å²) in [6.07, 6.45) is 0. The molecule has 5 rings (SSSR count). The summed E-state index contributed by atoms with van der Waals surface area (Å²) in [7, 11) is 0. The predicted molar refractivity (Wildman–Crippen MR) is 131 cm³/mol. The van der Waals surface area contributed by atoms with Crippen LogP contribution in [0.25, 0.3) is 11.1 Å². The fraction of sp³-hybridized carbons (Fsp3) is 0.103. The first-order chi connectivity index (χ1) is 14.6. The van der Waals surface area contributed by atoms with Crippen molar-refractivity contribution in [1.82, 2.24) is 0 Å². The highest BCUT2D eigenvalue weighted by Crippen LogP contribution is 2.50. The van der Waals surface area contributed by atoms with Crippen molar-refractivity contribution in [2.45, 2.75) is 19.3 Å². The van der Waals surface area contributed by atoms with E-state index >= 15 is 0 Å². The van der Waals surface area contributed by atoms with E-state index in [4.69, 9.17) is 0 Å². The third kappa shape index (κ3) is 3.05. The van der Waals surface area contributed by atoms with Crippen molar-refractivity contribution in [2.75, 3.05) is 0 Å². The monoisotopic (exact) mass is 450 g/mol. The van der Waals surface area contributed by atoms with Crippen LogP contribution in [0.15, 0.2) is 108 Å². The summed E-state index contributed by atoms with van der Waals surface area (Å²) in [4.78, 5) is 0. The van der Waals surface area contributed by atoms with Crippen molar-refractivity contribution >= 4 is 27.1 Å². The maximum Gasteiger partial charge on any atom is 0.0178 e. The van der Waals surface area contributed by atoms with Crippen LogP contribution in [-0.2, 0) is 5.41 Å². The zero-order valence-corrected chi connectivity index (χ0v) is 18.8. The molecule has 0 N–H and O–H groups in total. The summed E-state index contributed by atoms with van der Waals surface area (Å²) in [6.45, 7) is 4.66. The van der Waals surface area contributed by atoms with Gasteiger partial charge in [0.15, 0.2) is 0 Å². The van der Waals surface area contributed by atoms with E-state index in [0.29, 0.717) is 0 Å². The summed E-state index contributed by atoms with van der Waals surface area (Å²) in [5.41, 5.74) is 10.4. The molecular formula is C29H23Br. The molecular weight excluding hydrogens is 428 g/mol. The number of fused-ring (bicyclic) bond motifs is 2. The third-order valence-corrected chi connectivity index (χ3v) is 6.66. The Kier molecular flexibility index (Phi) is 4.72. The molecule has 146 valence electrons. The molecule has 0 aliphatic heterocycles. The van der Waals surface area contributed by atoms with E-state index in [-0.39, 0.29) is 5.41 Å². The number of benzene rings is 4. The van der Waals surface area contributed by atoms with Crippen LogP contribution in [0, 0.1) is 0 Å². The van der Waals surface area contributed by atoms with Gasteiger partial charge in [0.25, 0.3) is 0 Å². The van der Waals surface area contributed by atoms with Crippen molar-refractivity contribution in [3.05, 3.63) is 141 Å². The Balaban J connectivity index is 1.97. The van der Waals surface area contributed by atoms with Gasteiger partial charge < -0.3 is 0 Å². The lowest BCUT2D eigenvalue weighted by molar-refractivity contribution is 0.630. The van der Waals surface area contributed by atoms with Gasteiger partial charge in [0.2, 0.25) is 0 Å². The highest BCUT2D eigenvalue weighted by Gasteiger charge is 2.36. The van der Waals surface area contributed by atoms with Crippen LogP contribution >= 0.6 is 15.9 Å². The van der Waals surface area contributed by atoms with Crippen molar-refractivity contribution in [3.63, 3.8) is 0 Å². The molecule has 1 aliphatic rings. The van der Waals surface area contributed by atoms with Crippen molar-refractivity contribution < 1.29 is 0 Å². The Morgan fingerprint density at radius 3 is 1.77 bits per heavy atom. The minimum atomic E-state index is -0.0717. The average molecular weight is 451 g/mol. The highest BCUT2D eigenvalue weighted by atomic mass is 79.9. The molecule has 0 heterocycles. The van der Waals surface area contributed by atoms with Crippen molar-refractivity contribution in [2.24, 2.45) is 0 Å². The van der Waals surface area contributed by atoms with Crippen LogP contribution in [0.4, 0.5) is 0 Å². The van der Waals surface area contributed by atoms with Gasteiger partial charge in [-0.2, -0.15) is 0 Å². The van der Waals surface area contributed by atoms with E-state index in [9.17, 15) is 0 Å². The number of hydrogen-bond acceptors (Lipinski definition) is 0. The Labute approximate surface area is 187 Å². The lowest BCUT2D eigenvalue weighted by atomic mass is 9.66. The van der Waals surface area contributed by atoms with Gasteiger partial charge in [-0.25, -0.2) is 0 Å². The first-order valence-electron chi connectivity index (χ1n) is 10.3. The molecule has 0 spiro atoms. The number of halogens is 1. The fourth-order valence-electron chi connectivity index (χ4n) is 4.72. The predicted octanol–water partition coefficient (Wildman–Crippen LogP) is 8.10. The summed E-state index contributed by atoms with van der Waals surface area (Å²) >= 11 is 3.71. The topological polar surface area (TPSA) is 0 Å². The van der Waals surface area contributed by atoms with Crippen LogP contribution in [0.2, 0.25) is 0 Å². The van der Waals surface area contributed by atoms with Crippen molar-refractivity contribution in [1.29, 1.82) is 0 Å². The maximum absolute atomic E-state index is 3.71. The van der Waals surface area contributed by atoms with Crippen LogP contribution in [0.3, 0.4) is 0 Å². The molecule has 4 aromatic carbocycles. The summed E-state index contributed by atoms with van der Waals surface area (Å²) < 4.78 is 1.12. The molecule has 1 heteroatoms. The molecule has 0 aromatic heterocycles. The first kappa shape index (κ1) is 19.1. The standard InChI is InChI=1S/C29H23Br/c1-29(2)25-16-10-9-15-23(25)28(24-18-17-22(30)19-26(24)29)27(20-11-5-3-6-12-20)21-13-7-4-8-14-21/h3-19H,1-2H3. The van der Waals surface area contributed by atoms with Crippen LogP contribution in [0.1, 0.15) is 47.2 Å². The minimum Gasteiger partial charge on any atom is -0.0622 e. The summed E-state index contributed by atoms with van der Waals surface area (Å²) in [5.74, 6) is 0. The number of hydrogen-bond donors (Lipinski definition) is 0. The molecule has 30 heavy (non-hydrogen) atoms. The lowest BCUT2D eigenvalue weighted by Gasteiger charge is -2.38. The molecule has 0 bridgehead atoms. The summed E-state index contributed by atoms with van der Waals surface area (Å²) in [6, 6.07) is 37.2. The second-order valence-corrected chi connectivity index (χ2v) is 9.26. The van der Waals surface area contributed by atoms with E-state index in [1.165, 1.54) is 44.5 Å². The molecule has 0 nitrogen and oxygen atoms in total. The molecule has 0 saturated heterocycles. The number of rotatable bonds is 2. The quantitative estimate of drug-likeness (QED) is 0.289.